The van der Waals surface area contributed by atoms with Crippen LogP contribution in [0.2, 0.25) is 0 Å². The van der Waals surface area contributed by atoms with Crippen molar-refractivity contribution in [1.82, 2.24) is 20.0 Å². The number of carbonyl (C=O) groups excluding carboxylic acids is 1. The molecule has 0 spiro atoms. The number of carbonyl (C=O) groups is 1. The molecule has 3 aromatic rings. The lowest BCUT2D eigenvalue weighted by molar-refractivity contribution is -0.124. The topological polar surface area (TPSA) is 59.4 Å². The number of benzene rings is 1. The van der Waals surface area contributed by atoms with E-state index in [-0.39, 0.29) is 12.5 Å². The Morgan fingerprint density at radius 3 is 3.04 bits per heavy atom. The van der Waals surface area contributed by atoms with Crippen LogP contribution in [0.15, 0.2) is 36.4 Å². The van der Waals surface area contributed by atoms with E-state index < -0.39 is 0 Å². The molecule has 0 bridgehead atoms. The van der Waals surface area contributed by atoms with Gasteiger partial charge in [0.1, 0.15) is 6.61 Å². The average Bonchev–Trinajstić information content (AvgIpc) is 3.22. The molecule has 0 unspecified atom stereocenters. The number of ether oxygens (including phenoxy) is 1. The minimum absolute atomic E-state index is 0.0799. The van der Waals surface area contributed by atoms with Crippen LogP contribution in [0, 0.1) is 0 Å². The van der Waals surface area contributed by atoms with E-state index in [2.05, 4.69) is 56.4 Å². The fourth-order valence-electron chi connectivity index (χ4n) is 3.31. The minimum atomic E-state index is -0.120. The minimum Gasteiger partial charge on any atom is -0.375 e. The molecule has 0 aliphatic carbocycles. The summed E-state index contributed by atoms with van der Waals surface area (Å²) in [6, 6.07) is 12.9. The average molecular weight is 370 g/mol. The third-order valence-electron chi connectivity index (χ3n) is 4.53. The molecule has 7 heteroatoms. The summed E-state index contributed by atoms with van der Waals surface area (Å²) in [4.78, 5) is 15.4. The number of thiophene rings is 1. The van der Waals surface area contributed by atoms with Crippen molar-refractivity contribution in [3.8, 4) is 0 Å². The summed E-state index contributed by atoms with van der Waals surface area (Å²) in [6.45, 7) is 4.23. The molecule has 1 aromatic carbocycles. The van der Waals surface area contributed by atoms with Crippen LogP contribution in [-0.2, 0) is 35.7 Å². The van der Waals surface area contributed by atoms with Crippen molar-refractivity contribution in [3.63, 3.8) is 0 Å². The molecule has 0 saturated carbocycles. The van der Waals surface area contributed by atoms with E-state index in [0.717, 1.165) is 31.9 Å². The lowest BCUT2D eigenvalue weighted by Gasteiger charge is -2.26. The van der Waals surface area contributed by atoms with Gasteiger partial charge in [0.15, 0.2) is 0 Å². The molecule has 1 N–H and O–H groups in total. The normalized spacial score (nSPS) is 14.5. The Labute approximate surface area is 156 Å². The second kappa shape index (κ2) is 7.57. The van der Waals surface area contributed by atoms with Gasteiger partial charge < -0.3 is 10.1 Å². The molecule has 0 saturated heterocycles. The van der Waals surface area contributed by atoms with E-state index in [1.807, 2.05) is 11.3 Å². The van der Waals surface area contributed by atoms with Crippen LogP contribution in [0.4, 0.5) is 0 Å². The van der Waals surface area contributed by atoms with E-state index in [1.165, 1.54) is 27.8 Å². The summed E-state index contributed by atoms with van der Waals surface area (Å²) in [5.74, 6) is -0.120. The van der Waals surface area contributed by atoms with Crippen molar-refractivity contribution >= 4 is 27.3 Å². The first kappa shape index (κ1) is 17.2. The van der Waals surface area contributed by atoms with E-state index in [1.54, 1.807) is 0 Å². The number of fused-ring (bicyclic) bond motifs is 2. The molecule has 136 valence electrons. The van der Waals surface area contributed by atoms with Gasteiger partial charge in [-0.1, -0.05) is 18.2 Å². The van der Waals surface area contributed by atoms with Crippen LogP contribution < -0.4 is 5.32 Å². The monoisotopic (exact) mass is 370 g/mol. The summed E-state index contributed by atoms with van der Waals surface area (Å²) in [7, 11) is 1.51. The third kappa shape index (κ3) is 3.80. The van der Waals surface area contributed by atoms with Crippen molar-refractivity contribution in [2.45, 2.75) is 26.2 Å². The maximum Gasteiger partial charge on any atom is 0.246 e. The molecule has 2 aromatic heterocycles. The van der Waals surface area contributed by atoms with Crippen molar-refractivity contribution in [2.75, 3.05) is 20.3 Å². The van der Waals surface area contributed by atoms with Gasteiger partial charge >= 0.3 is 0 Å². The first-order chi connectivity index (χ1) is 12.7. The Kier molecular flexibility index (Phi) is 5.01. The number of aromatic nitrogens is 2. The van der Waals surface area contributed by atoms with Gasteiger partial charge in [-0.2, -0.15) is 5.10 Å². The van der Waals surface area contributed by atoms with E-state index in [9.17, 15) is 4.79 Å². The fourth-order valence-corrected chi connectivity index (χ4v) is 4.41. The van der Waals surface area contributed by atoms with Crippen LogP contribution in [0.3, 0.4) is 0 Å². The highest BCUT2D eigenvalue weighted by Gasteiger charge is 2.19. The molecule has 1 amide bonds. The van der Waals surface area contributed by atoms with Gasteiger partial charge in [0.25, 0.3) is 0 Å². The number of nitrogens with one attached hydrogen (secondary N) is 1. The van der Waals surface area contributed by atoms with Gasteiger partial charge in [0, 0.05) is 36.3 Å². The zero-order valence-electron chi connectivity index (χ0n) is 14.8. The maximum atomic E-state index is 11.5. The number of hydrogen-bond donors (Lipinski definition) is 1. The lowest BCUT2D eigenvalue weighted by atomic mass is 10.2. The van der Waals surface area contributed by atoms with E-state index in [0.29, 0.717) is 6.54 Å². The van der Waals surface area contributed by atoms with Crippen molar-refractivity contribution in [1.29, 1.82) is 0 Å². The standard InChI is InChI=1S/C19H22N4O2S/c1-25-13-19(24)20-10-15-9-16-11-22(6-7-23(16)21-15)12-17-8-14-4-2-3-5-18(14)26-17/h2-5,8-9H,6-7,10-13H2,1H3,(H,20,24). The van der Waals surface area contributed by atoms with Gasteiger partial charge in [0.05, 0.1) is 24.5 Å². The van der Waals surface area contributed by atoms with Gasteiger partial charge in [-0.05, 0) is 23.6 Å². The molecular weight excluding hydrogens is 348 g/mol. The number of hydrogen-bond acceptors (Lipinski definition) is 5. The third-order valence-corrected chi connectivity index (χ3v) is 5.63. The van der Waals surface area contributed by atoms with Crippen molar-refractivity contribution in [3.05, 3.63) is 52.7 Å². The second-order valence-corrected chi connectivity index (χ2v) is 7.69. The Balaban J connectivity index is 1.38. The summed E-state index contributed by atoms with van der Waals surface area (Å²) >= 11 is 1.87. The molecular formula is C19H22N4O2S. The highest BCUT2D eigenvalue weighted by molar-refractivity contribution is 7.19. The summed E-state index contributed by atoms with van der Waals surface area (Å²) in [5.41, 5.74) is 2.10. The predicted molar refractivity (Wildman–Crippen MR) is 102 cm³/mol. The van der Waals surface area contributed by atoms with Crippen LogP contribution in [-0.4, -0.2) is 40.8 Å². The second-order valence-electron chi connectivity index (χ2n) is 6.52. The van der Waals surface area contributed by atoms with Gasteiger partial charge in [-0.3, -0.25) is 14.4 Å². The Hall–Kier alpha value is -2.22. The molecule has 0 atom stereocenters. The molecule has 0 fully saturated rings. The van der Waals surface area contributed by atoms with Gasteiger partial charge in [0.2, 0.25) is 5.91 Å². The molecule has 26 heavy (non-hydrogen) atoms. The summed E-state index contributed by atoms with van der Waals surface area (Å²) in [6.07, 6.45) is 0. The Morgan fingerprint density at radius 1 is 1.31 bits per heavy atom. The first-order valence-electron chi connectivity index (χ1n) is 8.72. The highest BCUT2D eigenvalue weighted by Crippen LogP contribution is 2.27. The number of amides is 1. The maximum absolute atomic E-state index is 11.5. The molecule has 6 nitrogen and oxygen atoms in total. The quantitative estimate of drug-likeness (QED) is 0.724. The van der Waals surface area contributed by atoms with Gasteiger partial charge in [-0.15, -0.1) is 11.3 Å². The summed E-state index contributed by atoms with van der Waals surface area (Å²) in [5, 5.41) is 8.74. The zero-order valence-corrected chi connectivity index (χ0v) is 15.6. The molecule has 3 heterocycles. The molecule has 1 aliphatic rings. The molecule has 0 radical (unpaired) electrons. The van der Waals surface area contributed by atoms with Crippen molar-refractivity contribution in [2.24, 2.45) is 0 Å². The smallest absolute Gasteiger partial charge is 0.246 e. The fraction of sp³-hybridized carbons (Fsp3) is 0.368. The molecule has 1 aliphatic heterocycles. The van der Waals surface area contributed by atoms with Crippen molar-refractivity contribution < 1.29 is 9.53 Å². The van der Waals surface area contributed by atoms with Crippen LogP contribution >= 0.6 is 11.3 Å². The van der Waals surface area contributed by atoms with Gasteiger partial charge in [-0.25, -0.2) is 0 Å². The highest BCUT2D eigenvalue weighted by atomic mass is 32.1. The summed E-state index contributed by atoms with van der Waals surface area (Å²) < 4.78 is 8.22. The molecule has 4 rings (SSSR count). The Morgan fingerprint density at radius 2 is 2.19 bits per heavy atom. The van der Waals surface area contributed by atoms with E-state index >= 15 is 0 Å². The van der Waals surface area contributed by atoms with Crippen LogP contribution in [0.25, 0.3) is 10.1 Å². The number of methoxy groups -OCH3 is 1. The Bertz CT molecular complexity index is 884. The SMILES string of the molecule is COCC(=O)NCc1cc2n(n1)CCN(Cc1cc3ccccc3s1)C2. The number of rotatable bonds is 6. The zero-order chi connectivity index (χ0) is 17.9. The van der Waals surface area contributed by atoms with Crippen LogP contribution in [0.1, 0.15) is 16.3 Å². The van der Waals surface area contributed by atoms with E-state index in [4.69, 9.17) is 4.74 Å². The lowest BCUT2D eigenvalue weighted by Crippen LogP contribution is -2.33. The largest absolute Gasteiger partial charge is 0.375 e. The number of nitrogens with zero attached hydrogens (tertiary/aromatic N) is 3. The van der Waals surface area contributed by atoms with Crippen LogP contribution in [0.5, 0.6) is 0 Å². The predicted octanol–water partition coefficient (Wildman–Crippen LogP) is 2.38. The first-order valence-corrected chi connectivity index (χ1v) is 9.54.